The Morgan fingerprint density at radius 2 is 2.00 bits per heavy atom. The molecule has 0 spiro atoms. The van der Waals surface area contributed by atoms with Crippen LogP contribution in [0.5, 0.6) is 0 Å². The Morgan fingerprint density at radius 1 is 1.32 bits per heavy atom. The molecule has 3 nitrogen and oxygen atoms in total. The van der Waals surface area contributed by atoms with E-state index in [0.29, 0.717) is 29.4 Å². The lowest BCUT2D eigenvalue weighted by Crippen LogP contribution is -2.30. The second-order valence-corrected chi connectivity index (χ2v) is 5.75. The van der Waals surface area contributed by atoms with Crippen LogP contribution < -0.4 is 0 Å². The van der Waals surface area contributed by atoms with Gasteiger partial charge < -0.3 is 9.67 Å². The van der Waals surface area contributed by atoms with E-state index in [0.717, 1.165) is 5.56 Å². The standard InChI is InChI=1S/C14H16Cl2N2O/c1-14(19,9-18-8-7-17-10-18)6-5-11-12(15)3-2-4-13(11)16/h2-4,7-8,10,19H,5-6,9H2,1H3. The van der Waals surface area contributed by atoms with Crippen molar-refractivity contribution in [1.29, 1.82) is 0 Å². The van der Waals surface area contributed by atoms with E-state index in [1.165, 1.54) is 0 Å². The van der Waals surface area contributed by atoms with Gasteiger partial charge in [0, 0.05) is 22.4 Å². The Balaban J connectivity index is 2.01. The largest absolute Gasteiger partial charge is 0.388 e. The second-order valence-electron chi connectivity index (χ2n) is 4.93. The molecule has 1 unspecified atom stereocenters. The predicted octanol–water partition coefficient (Wildman–Crippen LogP) is 3.57. The SMILES string of the molecule is CC(O)(CCc1c(Cl)cccc1Cl)Cn1ccnc1. The Kier molecular flexibility index (Phi) is 4.50. The zero-order valence-corrected chi connectivity index (χ0v) is 12.2. The van der Waals surface area contributed by atoms with E-state index in [2.05, 4.69) is 4.98 Å². The molecule has 0 aliphatic heterocycles. The highest BCUT2D eigenvalue weighted by Gasteiger charge is 2.21. The van der Waals surface area contributed by atoms with Crippen molar-refractivity contribution in [2.75, 3.05) is 0 Å². The van der Waals surface area contributed by atoms with Crippen LogP contribution >= 0.6 is 23.2 Å². The number of hydrogen-bond acceptors (Lipinski definition) is 2. The molecule has 1 atom stereocenters. The van der Waals surface area contributed by atoms with E-state index in [1.807, 2.05) is 29.0 Å². The van der Waals surface area contributed by atoms with Crippen molar-refractivity contribution < 1.29 is 5.11 Å². The van der Waals surface area contributed by atoms with Crippen molar-refractivity contribution in [2.24, 2.45) is 0 Å². The van der Waals surface area contributed by atoms with Gasteiger partial charge in [0.1, 0.15) is 0 Å². The van der Waals surface area contributed by atoms with E-state index < -0.39 is 5.60 Å². The minimum absolute atomic E-state index is 0.495. The number of aromatic nitrogens is 2. The molecular formula is C14H16Cl2N2O. The van der Waals surface area contributed by atoms with Gasteiger partial charge in [-0.15, -0.1) is 0 Å². The van der Waals surface area contributed by atoms with E-state index >= 15 is 0 Å². The predicted molar refractivity (Wildman–Crippen MR) is 77.6 cm³/mol. The maximum Gasteiger partial charge on any atom is 0.0946 e. The number of hydrogen-bond donors (Lipinski definition) is 1. The van der Waals surface area contributed by atoms with Crippen LogP contribution in [-0.4, -0.2) is 20.3 Å². The number of benzene rings is 1. The lowest BCUT2D eigenvalue weighted by Gasteiger charge is -2.24. The van der Waals surface area contributed by atoms with E-state index in [9.17, 15) is 5.11 Å². The van der Waals surface area contributed by atoms with Gasteiger partial charge in [-0.3, -0.25) is 0 Å². The third-order valence-corrected chi connectivity index (χ3v) is 3.77. The molecule has 0 saturated carbocycles. The van der Waals surface area contributed by atoms with Crippen molar-refractivity contribution >= 4 is 23.2 Å². The summed E-state index contributed by atoms with van der Waals surface area (Å²) < 4.78 is 1.86. The fourth-order valence-corrected chi connectivity index (χ4v) is 2.60. The zero-order chi connectivity index (χ0) is 13.9. The molecule has 1 aromatic carbocycles. The van der Waals surface area contributed by atoms with Crippen LogP contribution in [-0.2, 0) is 13.0 Å². The molecule has 102 valence electrons. The third-order valence-electron chi connectivity index (χ3n) is 3.06. The summed E-state index contributed by atoms with van der Waals surface area (Å²) in [6.45, 7) is 2.30. The van der Waals surface area contributed by atoms with E-state index in [4.69, 9.17) is 23.2 Å². The molecule has 5 heteroatoms. The maximum absolute atomic E-state index is 10.4. The van der Waals surface area contributed by atoms with Crippen LogP contribution in [0, 0.1) is 0 Å². The van der Waals surface area contributed by atoms with Gasteiger partial charge >= 0.3 is 0 Å². The summed E-state index contributed by atoms with van der Waals surface area (Å²) in [5, 5.41) is 11.7. The summed E-state index contributed by atoms with van der Waals surface area (Å²) >= 11 is 12.2. The molecule has 1 heterocycles. The monoisotopic (exact) mass is 298 g/mol. The average Bonchev–Trinajstić information content (AvgIpc) is 2.80. The number of nitrogens with zero attached hydrogens (tertiary/aromatic N) is 2. The second kappa shape index (κ2) is 5.95. The summed E-state index contributed by atoms with van der Waals surface area (Å²) in [5.41, 5.74) is 0.0557. The third kappa shape index (κ3) is 3.96. The fourth-order valence-electron chi connectivity index (χ4n) is 2.02. The van der Waals surface area contributed by atoms with Crippen molar-refractivity contribution in [3.05, 3.63) is 52.5 Å². The maximum atomic E-state index is 10.4. The molecular weight excluding hydrogens is 283 g/mol. The Morgan fingerprint density at radius 3 is 2.58 bits per heavy atom. The summed E-state index contributed by atoms with van der Waals surface area (Å²) in [5.74, 6) is 0. The number of rotatable bonds is 5. The van der Waals surface area contributed by atoms with Gasteiger partial charge in [0.2, 0.25) is 0 Å². The van der Waals surface area contributed by atoms with E-state index in [-0.39, 0.29) is 0 Å². The first-order chi connectivity index (χ1) is 8.98. The molecule has 0 aliphatic rings. The lowest BCUT2D eigenvalue weighted by molar-refractivity contribution is 0.0334. The van der Waals surface area contributed by atoms with Crippen LogP contribution in [0.3, 0.4) is 0 Å². The summed E-state index contributed by atoms with van der Waals surface area (Å²) in [6.07, 6.45) is 6.43. The van der Waals surface area contributed by atoms with Crippen molar-refractivity contribution in [3.63, 3.8) is 0 Å². The Labute approximate surface area is 122 Å². The number of aliphatic hydroxyl groups is 1. The highest BCUT2D eigenvalue weighted by atomic mass is 35.5. The summed E-state index contributed by atoms with van der Waals surface area (Å²) in [6, 6.07) is 5.44. The highest BCUT2D eigenvalue weighted by Crippen LogP contribution is 2.27. The van der Waals surface area contributed by atoms with Gasteiger partial charge in [0.05, 0.1) is 18.5 Å². The molecule has 19 heavy (non-hydrogen) atoms. The van der Waals surface area contributed by atoms with Crippen LogP contribution in [0.2, 0.25) is 10.0 Å². The van der Waals surface area contributed by atoms with Gasteiger partial charge in [-0.2, -0.15) is 0 Å². The molecule has 2 rings (SSSR count). The molecule has 0 bridgehead atoms. The topological polar surface area (TPSA) is 38.0 Å². The van der Waals surface area contributed by atoms with Crippen molar-refractivity contribution in [1.82, 2.24) is 9.55 Å². The van der Waals surface area contributed by atoms with Crippen molar-refractivity contribution in [3.8, 4) is 0 Å². The average molecular weight is 299 g/mol. The molecule has 0 saturated heterocycles. The smallest absolute Gasteiger partial charge is 0.0946 e. The Hall–Kier alpha value is -1.03. The lowest BCUT2D eigenvalue weighted by atomic mass is 9.96. The van der Waals surface area contributed by atoms with Crippen LogP contribution in [0.4, 0.5) is 0 Å². The zero-order valence-electron chi connectivity index (χ0n) is 10.7. The molecule has 2 aromatic rings. The van der Waals surface area contributed by atoms with Gasteiger partial charge in [-0.1, -0.05) is 29.3 Å². The van der Waals surface area contributed by atoms with Crippen molar-refractivity contribution in [2.45, 2.75) is 31.9 Å². The van der Waals surface area contributed by atoms with Gasteiger partial charge in [0.25, 0.3) is 0 Å². The molecule has 0 aliphatic carbocycles. The minimum Gasteiger partial charge on any atom is -0.388 e. The summed E-state index contributed by atoms with van der Waals surface area (Å²) in [7, 11) is 0. The first-order valence-corrected chi connectivity index (χ1v) is 6.84. The van der Waals surface area contributed by atoms with Crippen LogP contribution in [0.15, 0.2) is 36.9 Å². The fraction of sp³-hybridized carbons (Fsp3) is 0.357. The highest BCUT2D eigenvalue weighted by molar-refractivity contribution is 6.35. The van der Waals surface area contributed by atoms with Gasteiger partial charge in [-0.05, 0) is 37.5 Å². The molecule has 0 fully saturated rings. The quantitative estimate of drug-likeness (QED) is 0.916. The molecule has 0 radical (unpaired) electrons. The van der Waals surface area contributed by atoms with Crippen LogP contribution in [0.1, 0.15) is 18.9 Å². The molecule has 1 aromatic heterocycles. The first kappa shape index (κ1) is 14.4. The summed E-state index contributed by atoms with van der Waals surface area (Å²) in [4.78, 5) is 3.96. The van der Waals surface area contributed by atoms with Gasteiger partial charge in [0.15, 0.2) is 0 Å². The van der Waals surface area contributed by atoms with Crippen LogP contribution in [0.25, 0.3) is 0 Å². The molecule has 1 N–H and O–H groups in total. The number of halogens is 2. The molecule has 0 amide bonds. The minimum atomic E-state index is -0.830. The Bertz CT molecular complexity index is 518. The van der Waals surface area contributed by atoms with Gasteiger partial charge in [-0.25, -0.2) is 4.98 Å². The number of imidazole rings is 1. The normalized spacial score (nSPS) is 14.3. The first-order valence-electron chi connectivity index (χ1n) is 6.09. The van der Waals surface area contributed by atoms with E-state index in [1.54, 1.807) is 19.4 Å².